The number of hydrogen-bond donors (Lipinski definition) is 2. The van der Waals surface area contributed by atoms with Crippen LogP contribution >= 0.6 is 0 Å². The zero-order valence-corrected chi connectivity index (χ0v) is 14.3. The second-order valence-electron chi connectivity index (χ2n) is 7.02. The average Bonchev–Trinajstić information content (AvgIpc) is 2.44. The van der Waals surface area contributed by atoms with Gasteiger partial charge >= 0.3 is 0 Å². The van der Waals surface area contributed by atoms with Crippen molar-refractivity contribution in [2.75, 3.05) is 5.73 Å². The van der Waals surface area contributed by atoms with E-state index in [9.17, 15) is 4.79 Å². The van der Waals surface area contributed by atoms with Crippen molar-refractivity contribution in [1.29, 1.82) is 0 Å². The molecule has 0 spiro atoms. The van der Waals surface area contributed by atoms with Gasteiger partial charge in [-0.05, 0) is 50.5 Å². The molecule has 0 aliphatic heterocycles. The maximum absolute atomic E-state index is 12.4. The number of nitrogens with one attached hydrogen (secondary N) is 1. The average molecular weight is 312 g/mol. The number of nitrogen functional groups attached to an aromatic ring is 1. The van der Waals surface area contributed by atoms with E-state index in [1.54, 1.807) is 18.6 Å². The molecule has 0 bridgehead atoms. The molecule has 0 saturated heterocycles. The molecule has 5 heteroatoms. The van der Waals surface area contributed by atoms with Gasteiger partial charge in [0.1, 0.15) is 6.33 Å². The number of amides is 1. The van der Waals surface area contributed by atoms with Crippen LogP contribution in [0.5, 0.6) is 0 Å². The molecule has 0 atom stereocenters. The molecule has 122 valence electrons. The first-order valence-corrected chi connectivity index (χ1v) is 7.71. The standard InChI is InChI=1S/C18H24N4O/c1-11(2)16-15(9-20-10-21-16)12-6-13(8-14(19)7-12)17(23)22-18(3,4)5/h6-11H,19H2,1-5H3,(H,22,23). The lowest BCUT2D eigenvalue weighted by atomic mass is 9.96. The minimum atomic E-state index is -0.305. The molecular weight excluding hydrogens is 288 g/mol. The highest BCUT2D eigenvalue weighted by molar-refractivity contribution is 5.97. The molecule has 0 unspecified atom stereocenters. The zero-order chi connectivity index (χ0) is 17.2. The fraction of sp³-hybridized carbons (Fsp3) is 0.389. The second-order valence-corrected chi connectivity index (χ2v) is 7.02. The molecule has 23 heavy (non-hydrogen) atoms. The number of rotatable bonds is 3. The monoisotopic (exact) mass is 312 g/mol. The van der Waals surface area contributed by atoms with Gasteiger partial charge in [-0.1, -0.05) is 13.8 Å². The minimum Gasteiger partial charge on any atom is -0.399 e. The first kappa shape index (κ1) is 16.9. The Labute approximate surface area is 137 Å². The Bertz CT molecular complexity index is 717. The highest BCUT2D eigenvalue weighted by Crippen LogP contribution is 2.29. The summed E-state index contributed by atoms with van der Waals surface area (Å²) < 4.78 is 0. The van der Waals surface area contributed by atoms with Crippen LogP contribution in [-0.2, 0) is 0 Å². The molecule has 0 aliphatic carbocycles. The molecule has 3 N–H and O–H groups in total. The molecule has 2 aromatic rings. The van der Waals surface area contributed by atoms with Crippen molar-refractivity contribution in [2.45, 2.75) is 46.1 Å². The first-order chi connectivity index (χ1) is 10.7. The maximum Gasteiger partial charge on any atom is 0.251 e. The van der Waals surface area contributed by atoms with E-state index in [1.807, 2.05) is 32.9 Å². The number of carbonyl (C=O) groups is 1. The normalized spacial score (nSPS) is 11.6. The van der Waals surface area contributed by atoms with E-state index in [-0.39, 0.29) is 17.4 Å². The SMILES string of the molecule is CC(C)c1ncncc1-c1cc(N)cc(C(=O)NC(C)(C)C)c1. The number of carbonyl (C=O) groups excluding carboxylic acids is 1. The molecule has 1 amide bonds. The Balaban J connectivity index is 2.48. The summed E-state index contributed by atoms with van der Waals surface area (Å²) in [5, 5.41) is 2.95. The topological polar surface area (TPSA) is 80.9 Å². The van der Waals surface area contributed by atoms with Gasteiger partial charge in [-0.2, -0.15) is 0 Å². The third-order valence-corrected chi connectivity index (χ3v) is 3.31. The number of aromatic nitrogens is 2. The third-order valence-electron chi connectivity index (χ3n) is 3.31. The van der Waals surface area contributed by atoms with Crippen LogP contribution in [0, 0.1) is 0 Å². The van der Waals surface area contributed by atoms with E-state index in [0.717, 1.165) is 16.8 Å². The predicted molar refractivity (Wildman–Crippen MR) is 93.2 cm³/mol. The van der Waals surface area contributed by atoms with Gasteiger partial charge in [0, 0.05) is 28.6 Å². The predicted octanol–water partition coefficient (Wildman–Crippen LogP) is 3.38. The lowest BCUT2D eigenvalue weighted by Gasteiger charge is -2.21. The maximum atomic E-state index is 12.4. The van der Waals surface area contributed by atoms with Gasteiger partial charge in [0.05, 0.1) is 5.69 Å². The number of benzene rings is 1. The summed E-state index contributed by atoms with van der Waals surface area (Å²) in [6.07, 6.45) is 3.31. The molecule has 1 heterocycles. The summed E-state index contributed by atoms with van der Waals surface area (Å²) in [6.45, 7) is 9.98. The minimum absolute atomic E-state index is 0.144. The second kappa shape index (κ2) is 6.36. The van der Waals surface area contributed by atoms with Crippen molar-refractivity contribution in [3.8, 4) is 11.1 Å². The van der Waals surface area contributed by atoms with Crippen LogP contribution < -0.4 is 11.1 Å². The number of anilines is 1. The van der Waals surface area contributed by atoms with Crippen molar-refractivity contribution in [3.63, 3.8) is 0 Å². The van der Waals surface area contributed by atoms with Gasteiger partial charge < -0.3 is 11.1 Å². The van der Waals surface area contributed by atoms with Crippen molar-refractivity contribution in [3.05, 3.63) is 42.0 Å². The van der Waals surface area contributed by atoms with Crippen molar-refractivity contribution < 1.29 is 4.79 Å². The lowest BCUT2D eigenvalue weighted by Crippen LogP contribution is -2.40. The Morgan fingerprint density at radius 1 is 1.22 bits per heavy atom. The molecular formula is C18H24N4O. The summed E-state index contributed by atoms with van der Waals surface area (Å²) in [5.74, 6) is 0.107. The highest BCUT2D eigenvalue weighted by Gasteiger charge is 2.17. The molecule has 5 nitrogen and oxygen atoms in total. The summed E-state index contributed by atoms with van der Waals surface area (Å²) in [4.78, 5) is 20.9. The lowest BCUT2D eigenvalue weighted by molar-refractivity contribution is 0.0919. The largest absolute Gasteiger partial charge is 0.399 e. The van der Waals surface area contributed by atoms with Gasteiger partial charge in [0.15, 0.2) is 0 Å². The number of nitrogens with two attached hydrogens (primary N) is 1. The Morgan fingerprint density at radius 3 is 2.52 bits per heavy atom. The van der Waals surface area contributed by atoms with Gasteiger partial charge in [-0.15, -0.1) is 0 Å². The quantitative estimate of drug-likeness (QED) is 0.851. The van der Waals surface area contributed by atoms with Crippen LogP contribution in [0.3, 0.4) is 0 Å². The van der Waals surface area contributed by atoms with Gasteiger partial charge in [-0.25, -0.2) is 9.97 Å². The van der Waals surface area contributed by atoms with Gasteiger partial charge in [-0.3, -0.25) is 4.79 Å². The Kier molecular flexibility index (Phi) is 4.68. The van der Waals surface area contributed by atoms with E-state index in [0.29, 0.717) is 11.3 Å². The third kappa shape index (κ3) is 4.28. The van der Waals surface area contributed by atoms with Crippen LogP contribution in [0.4, 0.5) is 5.69 Å². The van der Waals surface area contributed by atoms with Gasteiger partial charge in [0.2, 0.25) is 0 Å². The van der Waals surface area contributed by atoms with E-state index >= 15 is 0 Å². The van der Waals surface area contributed by atoms with Crippen LogP contribution in [0.2, 0.25) is 0 Å². The van der Waals surface area contributed by atoms with Crippen LogP contribution in [0.1, 0.15) is 56.6 Å². The molecule has 1 aromatic carbocycles. The summed E-state index contributed by atoms with van der Waals surface area (Å²) in [7, 11) is 0. The van der Waals surface area contributed by atoms with Crippen LogP contribution in [0.25, 0.3) is 11.1 Å². The molecule has 2 rings (SSSR count). The molecule has 0 fully saturated rings. The van der Waals surface area contributed by atoms with E-state index in [2.05, 4.69) is 29.1 Å². The fourth-order valence-corrected chi connectivity index (χ4v) is 2.37. The summed E-state index contributed by atoms with van der Waals surface area (Å²) in [5.41, 5.74) is 9.47. The Morgan fingerprint density at radius 2 is 1.91 bits per heavy atom. The van der Waals surface area contributed by atoms with Gasteiger partial charge in [0.25, 0.3) is 5.91 Å². The van der Waals surface area contributed by atoms with Crippen molar-refractivity contribution in [2.24, 2.45) is 0 Å². The molecule has 1 aromatic heterocycles. The molecule has 0 aliphatic rings. The smallest absolute Gasteiger partial charge is 0.251 e. The molecule has 0 saturated carbocycles. The van der Waals surface area contributed by atoms with E-state index < -0.39 is 0 Å². The van der Waals surface area contributed by atoms with E-state index in [1.165, 1.54) is 0 Å². The molecule has 0 radical (unpaired) electrons. The van der Waals surface area contributed by atoms with Crippen molar-refractivity contribution >= 4 is 11.6 Å². The Hall–Kier alpha value is -2.43. The van der Waals surface area contributed by atoms with Crippen LogP contribution in [-0.4, -0.2) is 21.4 Å². The highest BCUT2D eigenvalue weighted by atomic mass is 16.1. The first-order valence-electron chi connectivity index (χ1n) is 7.71. The fourth-order valence-electron chi connectivity index (χ4n) is 2.37. The van der Waals surface area contributed by atoms with Crippen molar-refractivity contribution in [1.82, 2.24) is 15.3 Å². The number of nitrogens with zero attached hydrogens (tertiary/aromatic N) is 2. The van der Waals surface area contributed by atoms with Crippen LogP contribution in [0.15, 0.2) is 30.7 Å². The zero-order valence-electron chi connectivity index (χ0n) is 14.3. The summed E-state index contributed by atoms with van der Waals surface area (Å²) >= 11 is 0. The van der Waals surface area contributed by atoms with E-state index in [4.69, 9.17) is 5.73 Å². The summed E-state index contributed by atoms with van der Waals surface area (Å²) in [6, 6.07) is 5.36. The number of hydrogen-bond acceptors (Lipinski definition) is 4.